The molecule has 5 heteroatoms. The number of ether oxygens (including phenoxy) is 1. The van der Waals surface area contributed by atoms with Gasteiger partial charge in [-0.1, -0.05) is 17.7 Å². The first kappa shape index (κ1) is 17.6. The van der Waals surface area contributed by atoms with Crippen molar-refractivity contribution in [2.45, 2.75) is 63.5 Å². The van der Waals surface area contributed by atoms with Crippen LogP contribution in [0.15, 0.2) is 18.2 Å². The number of rotatable bonds is 5. The molecule has 2 heterocycles. The highest BCUT2D eigenvalue weighted by Gasteiger charge is 2.44. The number of piperidine rings is 1. The molecule has 0 aliphatic carbocycles. The van der Waals surface area contributed by atoms with Gasteiger partial charge in [0.25, 0.3) is 0 Å². The minimum Gasteiger partial charge on any atom is -0.450 e. The number of hydrogen-bond donors (Lipinski definition) is 1. The maximum absolute atomic E-state index is 12.2. The molecular formula is C19H26ClNO3. The number of aryl methyl sites for hydroxylation is 1. The van der Waals surface area contributed by atoms with E-state index in [9.17, 15) is 4.79 Å². The molecule has 0 spiro atoms. The number of fused-ring (bicyclic) bond motifs is 2. The Bertz CT molecular complexity index is 578. The molecule has 1 N–H and O–H groups in total. The van der Waals surface area contributed by atoms with Crippen LogP contribution in [0.25, 0.3) is 0 Å². The van der Waals surface area contributed by atoms with Crippen molar-refractivity contribution < 1.29 is 14.6 Å². The number of halogens is 1. The summed E-state index contributed by atoms with van der Waals surface area (Å²) in [7, 11) is 0. The van der Waals surface area contributed by atoms with E-state index in [1.165, 1.54) is 11.1 Å². The first-order valence-electron chi connectivity index (χ1n) is 8.98. The van der Waals surface area contributed by atoms with E-state index in [0.717, 1.165) is 43.5 Å². The largest absolute Gasteiger partial charge is 0.450 e. The molecule has 1 aromatic carbocycles. The highest BCUT2D eigenvalue weighted by molar-refractivity contribution is 6.30. The Morgan fingerprint density at radius 1 is 1.33 bits per heavy atom. The van der Waals surface area contributed by atoms with E-state index in [0.29, 0.717) is 12.5 Å². The normalized spacial score (nSPS) is 25.8. The summed E-state index contributed by atoms with van der Waals surface area (Å²) in [5.74, 6) is 0.458. The maximum atomic E-state index is 12.2. The summed E-state index contributed by atoms with van der Waals surface area (Å²) in [6, 6.07) is 6.70. The van der Waals surface area contributed by atoms with E-state index in [-0.39, 0.29) is 24.8 Å². The third-order valence-corrected chi connectivity index (χ3v) is 5.60. The summed E-state index contributed by atoms with van der Waals surface area (Å²) in [4.78, 5) is 14.2. The second-order valence-corrected chi connectivity index (χ2v) is 7.27. The number of amides is 1. The van der Waals surface area contributed by atoms with Crippen molar-refractivity contribution in [1.82, 2.24) is 4.90 Å². The van der Waals surface area contributed by atoms with Crippen LogP contribution in [-0.2, 0) is 11.2 Å². The van der Waals surface area contributed by atoms with Crippen LogP contribution >= 0.6 is 11.6 Å². The molecule has 0 aromatic heterocycles. The molecule has 0 radical (unpaired) electrons. The summed E-state index contributed by atoms with van der Waals surface area (Å²) >= 11 is 6.17. The van der Waals surface area contributed by atoms with Gasteiger partial charge in [-0.25, -0.2) is 4.79 Å². The van der Waals surface area contributed by atoms with Crippen LogP contribution in [0, 0.1) is 0 Å². The van der Waals surface area contributed by atoms with E-state index >= 15 is 0 Å². The lowest BCUT2D eigenvalue weighted by molar-refractivity contribution is 0.0689. The van der Waals surface area contributed by atoms with Crippen molar-refractivity contribution >= 4 is 17.7 Å². The molecule has 3 rings (SSSR count). The van der Waals surface area contributed by atoms with Crippen LogP contribution in [0.4, 0.5) is 4.79 Å². The Balaban J connectivity index is 1.78. The van der Waals surface area contributed by atoms with Gasteiger partial charge in [-0.3, -0.25) is 0 Å². The van der Waals surface area contributed by atoms with Crippen LogP contribution in [0.2, 0.25) is 5.02 Å². The van der Waals surface area contributed by atoms with Gasteiger partial charge in [0, 0.05) is 23.7 Å². The number of nitrogens with zero attached hydrogens (tertiary/aromatic N) is 1. The van der Waals surface area contributed by atoms with Gasteiger partial charge >= 0.3 is 6.09 Å². The lowest BCUT2D eigenvalue weighted by atomic mass is 9.82. The van der Waals surface area contributed by atoms with Crippen molar-refractivity contribution in [2.75, 3.05) is 13.2 Å². The van der Waals surface area contributed by atoms with Crippen molar-refractivity contribution in [3.05, 3.63) is 34.3 Å². The molecule has 2 aliphatic heterocycles. The summed E-state index contributed by atoms with van der Waals surface area (Å²) in [6.07, 6.45) is 5.56. The van der Waals surface area contributed by atoms with Gasteiger partial charge in [0.05, 0.1) is 6.61 Å². The highest BCUT2D eigenvalue weighted by Crippen LogP contribution is 2.44. The third-order valence-electron chi connectivity index (χ3n) is 5.36. The van der Waals surface area contributed by atoms with Gasteiger partial charge in [-0.15, -0.1) is 0 Å². The zero-order valence-corrected chi connectivity index (χ0v) is 15.0. The molecule has 1 aromatic rings. The molecule has 0 saturated carbocycles. The molecule has 24 heavy (non-hydrogen) atoms. The second kappa shape index (κ2) is 7.75. The quantitative estimate of drug-likeness (QED) is 0.867. The van der Waals surface area contributed by atoms with Gasteiger partial charge in [0.1, 0.15) is 0 Å². The van der Waals surface area contributed by atoms with Crippen molar-refractivity contribution in [3.8, 4) is 0 Å². The van der Waals surface area contributed by atoms with E-state index < -0.39 is 0 Å². The standard InChI is InChI=1S/C19H26ClNO3/c1-2-24-19(23)21-16-6-7-17(21)12-14(11-16)18-8-5-15(20)10-13(18)4-3-9-22/h5,8,10,14,16-17,22H,2-4,6-7,9,11-12H2,1H3. The van der Waals surface area contributed by atoms with Crippen LogP contribution in [0.5, 0.6) is 0 Å². The van der Waals surface area contributed by atoms with Crippen molar-refractivity contribution in [1.29, 1.82) is 0 Å². The predicted octanol–water partition coefficient (Wildman–Crippen LogP) is 4.13. The summed E-state index contributed by atoms with van der Waals surface area (Å²) < 4.78 is 5.24. The fraction of sp³-hybridized carbons (Fsp3) is 0.632. The fourth-order valence-corrected chi connectivity index (χ4v) is 4.58. The number of carbonyl (C=O) groups is 1. The van der Waals surface area contributed by atoms with Crippen LogP contribution in [-0.4, -0.2) is 41.4 Å². The lowest BCUT2D eigenvalue weighted by Gasteiger charge is -2.39. The highest BCUT2D eigenvalue weighted by atomic mass is 35.5. The predicted molar refractivity (Wildman–Crippen MR) is 94.5 cm³/mol. The average Bonchev–Trinajstić information content (AvgIpc) is 2.83. The Hall–Kier alpha value is -1.26. The monoisotopic (exact) mass is 351 g/mol. The molecule has 132 valence electrons. The van der Waals surface area contributed by atoms with Crippen LogP contribution in [0.3, 0.4) is 0 Å². The zero-order chi connectivity index (χ0) is 17.1. The Labute approximate surface area is 148 Å². The van der Waals surface area contributed by atoms with Crippen molar-refractivity contribution in [2.24, 2.45) is 0 Å². The number of aliphatic hydroxyl groups excluding tert-OH is 1. The van der Waals surface area contributed by atoms with E-state index in [2.05, 4.69) is 6.07 Å². The molecule has 2 atom stereocenters. The molecule has 2 saturated heterocycles. The summed E-state index contributed by atoms with van der Waals surface area (Å²) in [5, 5.41) is 9.90. The van der Waals surface area contributed by atoms with E-state index in [1.807, 2.05) is 24.0 Å². The molecule has 2 unspecified atom stereocenters. The molecule has 2 aliphatic rings. The topological polar surface area (TPSA) is 49.8 Å². The van der Waals surface area contributed by atoms with Gasteiger partial charge < -0.3 is 14.7 Å². The van der Waals surface area contributed by atoms with Crippen LogP contribution in [0.1, 0.15) is 56.1 Å². The SMILES string of the molecule is CCOC(=O)N1C2CCC1CC(c1ccc(Cl)cc1CCCO)C2. The minimum atomic E-state index is -0.153. The minimum absolute atomic E-state index is 0.153. The van der Waals surface area contributed by atoms with Gasteiger partial charge in [-0.2, -0.15) is 0 Å². The second-order valence-electron chi connectivity index (χ2n) is 6.83. The molecule has 2 bridgehead atoms. The van der Waals surface area contributed by atoms with Gasteiger partial charge in [0.15, 0.2) is 0 Å². The number of aliphatic hydroxyl groups is 1. The van der Waals surface area contributed by atoms with E-state index in [4.69, 9.17) is 21.4 Å². The number of hydrogen-bond acceptors (Lipinski definition) is 3. The smallest absolute Gasteiger partial charge is 0.410 e. The number of carbonyl (C=O) groups excluding carboxylic acids is 1. The first-order valence-corrected chi connectivity index (χ1v) is 9.36. The zero-order valence-electron chi connectivity index (χ0n) is 14.2. The molecule has 4 nitrogen and oxygen atoms in total. The summed E-state index contributed by atoms with van der Waals surface area (Å²) in [5.41, 5.74) is 2.58. The van der Waals surface area contributed by atoms with Gasteiger partial charge in [0.2, 0.25) is 0 Å². The third kappa shape index (κ3) is 3.55. The maximum Gasteiger partial charge on any atom is 0.410 e. The molecule has 2 fully saturated rings. The average molecular weight is 352 g/mol. The fourth-order valence-electron chi connectivity index (χ4n) is 4.39. The van der Waals surface area contributed by atoms with Crippen LogP contribution < -0.4 is 0 Å². The van der Waals surface area contributed by atoms with Gasteiger partial charge in [-0.05, 0) is 74.6 Å². The summed E-state index contributed by atoms with van der Waals surface area (Å²) in [6.45, 7) is 2.48. The Morgan fingerprint density at radius 3 is 2.67 bits per heavy atom. The molecular weight excluding hydrogens is 326 g/mol. The Kier molecular flexibility index (Phi) is 5.67. The number of benzene rings is 1. The lowest BCUT2D eigenvalue weighted by Crippen LogP contribution is -2.46. The first-order chi connectivity index (χ1) is 11.6. The van der Waals surface area contributed by atoms with Crippen molar-refractivity contribution in [3.63, 3.8) is 0 Å². The van der Waals surface area contributed by atoms with E-state index in [1.54, 1.807) is 0 Å². The Morgan fingerprint density at radius 2 is 2.04 bits per heavy atom. The molecule has 1 amide bonds.